The molecule has 7 heteroatoms. The van der Waals surface area contributed by atoms with E-state index in [9.17, 15) is 13.2 Å². The van der Waals surface area contributed by atoms with E-state index in [2.05, 4.69) is 4.72 Å². The maximum Gasteiger partial charge on any atom is 0.236 e. The number of hydrogen-bond donors (Lipinski definition) is 2. The van der Waals surface area contributed by atoms with E-state index in [1.54, 1.807) is 4.90 Å². The molecule has 0 aromatic heterocycles. The number of nitrogens with two attached hydrogens (primary N) is 1. The molecule has 1 heterocycles. The van der Waals surface area contributed by atoms with E-state index < -0.39 is 10.0 Å². The number of rotatable bonds is 3. The fraction of sp³-hybridized carbons (Fsp3) is 0.875. The van der Waals surface area contributed by atoms with E-state index in [0.717, 1.165) is 6.26 Å². The van der Waals surface area contributed by atoms with Crippen molar-refractivity contribution < 1.29 is 13.2 Å². The topological polar surface area (TPSA) is 92.5 Å². The molecule has 0 atom stereocenters. The standard InChI is InChI=1S/C8H17N3O3S/c1-15(13,14)10-7-2-4-11(5-3-7)8(12)6-9/h7,10H,2-6,9H2,1H3. The highest BCUT2D eigenvalue weighted by Crippen LogP contribution is 2.10. The summed E-state index contributed by atoms with van der Waals surface area (Å²) in [7, 11) is -3.15. The maximum atomic E-state index is 11.2. The zero-order valence-electron chi connectivity index (χ0n) is 8.77. The van der Waals surface area contributed by atoms with Crippen molar-refractivity contribution in [2.24, 2.45) is 5.73 Å². The Bertz CT molecular complexity index is 320. The maximum absolute atomic E-state index is 11.2. The van der Waals surface area contributed by atoms with Gasteiger partial charge in [0, 0.05) is 19.1 Å². The molecule has 88 valence electrons. The van der Waals surface area contributed by atoms with Gasteiger partial charge in [0.05, 0.1) is 12.8 Å². The molecular weight excluding hydrogens is 218 g/mol. The van der Waals surface area contributed by atoms with Gasteiger partial charge in [-0.25, -0.2) is 13.1 Å². The molecule has 1 amide bonds. The van der Waals surface area contributed by atoms with Crippen LogP contribution in [0.5, 0.6) is 0 Å². The van der Waals surface area contributed by atoms with Crippen LogP contribution in [0.1, 0.15) is 12.8 Å². The summed E-state index contributed by atoms with van der Waals surface area (Å²) < 4.78 is 24.5. The van der Waals surface area contributed by atoms with Crippen LogP contribution in [-0.4, -0.2) is 51.2 Å². The molecule has 1 aliphatic heterocycles. The Hall–Kier alpha value is -0.660. The minimum absolute atomic E-state index is 0.0180. The van der Waals surface area contributed by atoms with Crippen molar-refractivity contribution in [3.05, 3.63) is 0 Å². The van der Waals surface area contributed by atoms with Crippen molar-refractivity contribution in [2.45, 2.75) is 18.9 Å². The van der Waals surface area contributed by atoms with Crippen LogP contribution >= 0.6 is 0 Å². The molecule has 0 unspecified atom stereocenters. The van der Waals surface area contributed by atoms with E-state index >= 15 is 0 Å². The van der Waals surface area contributed by atoms with Crippen molar-refractivity contribution in [1.82, 2.24) is 9.62 Å². The number of sulfonamides is 1. The largest absolute Gasteiger partial charge is 0.341 e. The number of nitrogens with zero attached hydrogens (tertiary/aromatic N) is 1. The summed E-state index contributed by atoms with van der Waals surface area (Å²) in [6.07, 6.45) is 2.45. The van der Waals surface area contributed by atoms with Crippen molar-refractivity contribution in [3.8, 4) is 0 Å². The Balaban J connectivity index is 2.39. The number of carbonyl (C=O) groups excluding carboxylic acids is 1. The lowest BCUT2D eigenvalue weighted by Crippen LogP contribution is -2.47. The molecule has 0 aromatic carbocycles. The van der Waals surface area contributed by atoms with Crippen LogP contribution in [0.2, 0.25) is 0 Å². The molecular formula is C8H17N3O3S. The van der Waals surface area contributed by atoms with Gasteiger partial charge in [0.25, 0.3) is 0 Å². The molecule has 0 aliphatic carbocycles. The van der Waals surface area contributed by atoms with Crippen LogP contribution < -0.4 is 10.5 Å². The molecule has 0 spiro atoms. The third kappa shape index (κ3) is 4.15. The highest BCUT2D eigenvalue weighted by Gasteiger charge is 2.23. The van der Waals surface area contributed by atoms with Crippen molar-refractivity contribution in [3.63, 3.8) is 0 Å². The highest BCUT2D eigenvalue weighted by molar-refractivity contribution is 7.88. The molecule has 15 heavy (non-hydrogen) atoms. The van der Waals surface area contributed by atoms with Crippen LogP contribution in [0.25, 0.3) is 0 Å². The van der Waals surface area contributed by atoms with E-state index in [0.29, 0.717) is 25.9 Å². The quantitative estimate of drug-likeness (QED) is 0.621. The molecule has 1 saturated heterocycles. The van der Waals surface area contributed by atoms with Gasteiger partial charge in [0.15, 0.2) is 0 Å². The van der Waals surface area contributed by atoms with Crippen molar-refractivity contribution >= 4 is 15.9 Å². The van der Waals surface area contributed by atoms with E-state index in [-0.39, 0.29) is 18.5 Å². The Morgan fingerprint density at radius 2 is 2.00 bits per heavy atom. The third-order valence-corrected chi connectivity index (χ3v) is 3.16. The van der Waals surface area contributed by atoms with Crippen LogP contribution in [0.15, 0.2) is 0 Å². The summed E-state index contributed by atoms with van der Waals surface area (Å²) in [6, 6.07) is -0.0539. The number of likely N-dealkylation sites (tertiary alicyclic amines) is 1. The Morgan fingerprint density at radius 1 is 1.47 bits per heavy atom. The first-order valence-corrected chi connectivity index (χ1v) is 6.76. The van der Waals surface area contributed by atoms with Crippen molar-refractivity contribution in [2.75, 3.05) is 25.9 Å². The summed E-state index contributed by atoms with van der Waals surface area (Å²) in [6.45, 7) is 1.16. The molecule has 0 saturated carbocycles. The first-order valence-electron chi connectivity index (χ1n) is 4.87. The zero-order chi connectivity index (χ0) is 11.5. The second-order valence-corrected chi connectivity index (χ2v) is 5.53. The molecule has 6 nitrogen and oxygen atoms in total. The summed E-state index contributed by atoms with van der Waals surface area (Å²) in [5.74, 6) is -0.0761. The van der Waals surface area contributed by atoms with Crippen molar-refractivity contribution in [1.29, 1.82) is 0 Å². The number of hydrogen-bond acceptors (Lipinski definition) is 4. The van der Waals surface area contributed by atoms with E-state index in [1.165, 1.54) is 0 Å². The smallest absolute Gasteiger partial charge is 0.236 e. The Labute approximate surface area is 89.9 Å². The van der Waals surface area contributed by atoms with Gasteiger partial charge in [0.2, 0.25) is 15.9 Å². The van der Waals surface area contributed by atoms with Gasteiger partial charge < -0.3 is 10.6 Å². The predicted molar refractivity (Wildman–Crippen MR) is 56.6 cm³/mol. The fourth-order valence-electron chi connectivity index (χ4n) is 1.68. The van der Waals surface area contributed by atoms with Crippen LogP contribution in [-0.2, 0) is 14.8 Å². The normalized spacial score (nSPS) is 19.2. The second-order valence-electron chi connectivity index (χ2n) is 3.75. The average molecular weight is 235 g/mol. The van der Waals surface area contributed by atoms with Gasteiger partial charge in [-0.3, -0.25) is 4.79 Å². The molecule has 1 aliphatic rings. The number of nitrogens with one attached hydrogen (secondary N) is 1. The molecule has 0 bridgehead atoms. The molecule has 1 fully saturated rings. The summed E-state index contributed by atoms with van der Waals surface area (Å²) >= 11 is 0. The van der Waals surface area contributed by atoms with Gasteiger partial charge in [-0.1, -0.05) is 0 Å². The minimum Gasteiger partial charge on any atom is -0.341 e. The second kappa shape index (κ2) is 4.91. The van der Waals surface area contributed by atoms with Gasteiger partial charge in [-0.05, 0) is 12.8 Å². The summed E-state index contributed by atoms with van der Waals surface area (Å²) in [4.78, 5) is 12.9. The third-order valence-electron chi connectivity index (χ3n) is 2.40. The van der Waals surface area contributed by atoms with Gasteiger partial charge in [0.1, 0.15) is 0 Å². The number of piperidine rings is 1. The minimum atomic E-state index is -3.15. The number of carbonyl (C=O) groups is 1. The van der Waals surface area contributed by atoms with Gasteiger partial charge >= 0.3 is 0 Å². The molecule has 0 radical (unpaired) electrons. The zero-order valence-corrected chi connectivity index (χ0v) is 9.59. The lowest BCUT2D eigenvalue weighted by Gasteiger charge is -2.31. The summed E-state index contributed by atoms with van der Waals surface area (Å²) in [5.41, 5.74) is 5.24. The Kier molecular flexibility index (Phi) is 4.06. The Morgan fingerprint density at radius 3 is 2.40 bits per heavy atom. The first-order chi connectivity index (χ1) is 6.92. The first kappa shape index (κ1) is 12.4. The summed E-state index contributed by atoms with van der Waals surface area (Å²) in [5, 5.41) is 0. The monoisotopic (exact) mass is 235 g/mol. The molecule has 3 N–H and O–H groups in total. The molecule has 0 aromatic rings. The SMILES string of the molecule is CS(=O)(=O)NC1CCN(C(=O)CN)CC1. The fourth-order valence-corrected chi connectivity index (χ4v) is 2.52. The van der Waals surface area contributed by atoms with Crippen LogP contribution in [0.4, 0.5) is 0 Å². The predicted octanol–water partition coefficient (Wildman–Crippen LogP) is -1.51. The molecule has 1 rings (SSSR count). The lowest BCUT2D eigenvalue weighted by molar-refractivity contribution is -0.130. The van der Waals surface area contributed by atoms with Gasteiger partial charge in [-0.2, -0.15) is 0 Å². The lowest BCUT2D eigenvalue weighted by atomic mass is 10.1. The van der Waals surface area contributed by atoms with E-state index in [4.69, 9.17) is 5.73 Å². The highest BCUT2D eigenvalue weighted by atomic mass is 32.2. The number of amides is 1. The average Bonchev–Trinajstić information content (AvgIpc) is 2.15. The van der Waals surface area contributed by atoms with Crippen LogP contribution in [0, 0.1) is 0 Å². The van der Waals surface area contributed by atoms with E-state index in [1.807, 2.05) is 0 Å². The van der Waals surface area contributed by atoms with Gasteiger partial charge in [-0.15, -0.1) is 0 Å². The van der Waals surface area contributed by atoms with Crippen LogP contribution in [0.3, 0.4) is 0 Å².